The Bertz CT molecular complexity index is 974. The van der Waals surface area contributed by atoms with Crippen molar-refractivity contribution in [2.24, 2.45) is 5.16 Å². The van der Waals surface area contributed by atoms with Crippen molar-refractivity contribution in [3.63, 3.8) is 0 Å². The van der Waals surface area contributed by atoms with Crippen LogP contribution in [0.1, 0.15) is 32.6 Å². The van der Waals surface area contributed by atoms with Gasteiger partial charge in [0.25, 0.3) is 0 Å². The van der Waals surface area contributed by atoms with Gasteiger partial charge in [-0.3, -0.25) is 0 Å². The van der Waals surface area contributed by atoms with Crippen molar-refractivity contribution < 1.29 is 27.2 Å². The molecule has 0 spiro atoms. The van der Waals surface area contributed by atoms with Gasteiger partial charge in [-0.25, -0.2) is 9.18 Å². The number of alkyl halides is 4. The zero-order chi connectivity index (χ0) is 20.9. The summed E-state index contributed by atoms with van der Waals surface area (Å²) in [6.45, 7) is -1.15. The molecule has 7 heteroatoms. The summed E-state index contributed by atoms with van der Waals surface area (Å²) in [5.74, 6) is -1.12. The van der Waals surface area contributed by atoms with Gasteiger partial charge in [0, 0.05) is 11.1 Å². The first-order valence-electron chi connectivity index (χ1n) is 8.56. The Kier molecular flexibility index (Phi) is 6.07. The SMILES string of the molecule is O=C(ON=C(c1ccccc1)c1ccccc1)c1cc(CF)cc(C(F)(F)F)c1. The van der Waals surface area contributed by atoms with E-state index in [0.29, 0.717) is 29.0 Å². The van der Waals surface area contributed by atoms with Gasteiger partial charge < -0.3 is 4.84 Å². The lowest BCUT2D eigenvalue weighted by Gasteiger charge is -2.10. The highest BCUT2D eigenvalue weighted by molar-refractivity contribution is 6.12. The van der Waals surface area contributed by atoms with E-state index in [1.54, 1.807) is 60.7 Å². The molecule has 3 aromatic carbocycles. The summed E-state index contributed by atoms with van der Waals surface area (Å²) in [6.07, 6.45) is -4.72. The van der Waals surface area contributed by atoms with E-state index in [4.69, 9.17) is 4.84 Å². The lowest BCUT2D eigenvalue weighted by Crippen LogP contribution is -2.11. The Hall–Kier alpha value is -3.48. The Morgan fingerprint density at radius 2 is 1.38 bits per heavy atom. The van der Waals surface area contributed by atoms with Crippen molar-refractivity contribution in [1.29, 1.82) is 0 Å². The number of rotatable bonds is 5. The van der Waals surface area contributed by atoms with Crippen molar-refractivity contribution in [2.75, 3.05) is 0 Å². The number of benzene rings is 3. The van der Waals surface area contributed by atoms with Gasteiger partial charge in [-0.2, -0.15) is 13.2 Å². The van der Waals surface area contributed by atoms with Crippen LogP contribution in [0, 0.1) is 0 Å². The molecule has 0 aliphatic carbocycles. The summed E-state index contributed by atoms with van der Waals surface area (Å²) in [4.78, 5) is 17.3. The molecular weight excluding hydrogens is 386 g/mol. The minimum atomic E-state index is -4.72. The van der Waals surface area contributed by atoms with Gasteiger partial charge in [0.05, 0.1) is 11.1 Å². The monoisotopic (exact) mass is 401 g/mol. The molecule has 0 radical (unpaired) electrons. The van der Waals surface area contributed by atoms with Crippen LogP contribution in [0.15, 0.2) is 84.0 Å². The lowest BCUT2D eigenvalue weighted by atomic mass is 10.0. The first-order chi connectivity index (χ1) is 13.9. The molecule has 0 amide bonds. The average Bonchev–Trinajstić information content (AvgIpc) is 2.74. The number of carbonyl (C=O) groups is 1. The summed E-state index contributed by atoms with van der Waals surface area (Å²) in [5.41, 5.74) is -0.203. The second-order valence-electron chi connectivity index (χ2n) is 6.10. The van der Waals surface area contributed by atoms with Crippen LogP contribution in [0.3, 0.4) is 0 Å². The van der Waals surface area contributed by atoms with Gasteiger partial charge in [0.1, 0.15) is 12.4 Å². The van der Waals surface area contributed by atoms with Crippen molar-refractivity contribution in [2.45, 2.75) is 12.9 Å². The smallest absolute Gasteiger partial charge is 0.312 e. The molecular formula is C22H15F4NO2. The third-order valence-corrected chi connectivity index (χ3v) is 4.02. The number of nitrogens with zero attached hydrogens (tertiary/aromatic N) is 1. The maximum atomic E-state index is 13.0. The zero-order valence-electron chi connectivity index (χ0n) is 15.0. The maximum absolute atomic E-state index is 13.0. The van der Waals surface area contributed by atoms with Crippen LogP contribution in [0.2, 0.25) is 0 Å². The number of carbonyl (C=O) groups excluding carboxylic acids is 1. The molecule has 0 aliphatic heterocycles. The highest BCUT2D eigenvalue weighted by Crippen LogP contribution is 2.31. The first kappa shape index (κ1) is 20.3. The van der Waals surface area contributed by atoms with Crippen molar-refractivity contribution in [3.05, 3.63) is 107 Å². The molecule has 3 aromatic rings. The Morgan fingerprint density at radius 3 is 1.86 bits per heavy atom. The van der Waals surface area contributed by atoms with Crippen LogP contribution in [-0.4, -0.2) is 11.7 Å². The molecule has 0 aromatic heterocycles. The molecule has 0 heterocycles. The normalized spacial score (nSPS) is 11.0. The largest absolute Gasteiger partial charge is 0.416 e. The molecule has 0 aliphatic rings. The van der Waals surface area contributed by atoms with E-state index in [1.807, 2.05) is 0 Å². The molecule has 0 unspecified atom stereocenters. The molecule has 29 heavy (non-hydrogen) atoms. The lowest BCUT2D eigenvalue weighted by molar-refractivity contribution is -0.137. The Morgan fingerprint density at radius 1 is 0.828 bits per heavy atom. The highest BCUT2D eigenvalue weighted by atomic mass is 19.4. The van der Waals surface area contributed by atoms with Crippen LogP contribution in [0.4, 0.5) is 17.6 Å². The van der Waals surface area contributed by atoms with Gasteiger partial charge in [-0.1, -0.05) is 65.8 Å². The van der Waals surface area contributed by atoms with Crippen molar-refractivity contribution in [3.8, 4) is 0 Å². The third-order valence-electron chi connectivity index (χ3n) is 4.02. The summed E-state index contributed by atoms with van der Waals surface area (Å²) < 4.78 is 52.0. The van der Waals surface area contributed by atoms with Gasteiger partial charge in [0.15, 0.2) is 0 Å². The van der Waals surface area contributed by atoms with Crippen LogP contribution in [0.5, 0.6) is 0 Å². The molecule has 3 nitrogen and oxygen atoms in total. The fourth-order valence-electron chi connectivity index (χ4n) is 2.65. The summed E-state index contributed by atoms with van der Waals surface area (Å²) >= 11 is 0. The maximum Gasteiger partial charge on any atom is 0.416 e. The van der Waals surface area contributed by atoms with E-state index in [9.17, 15) is 22.4 Å². The summed E-state index contributed by atoms with van der Waals surface area (Å²) in [7, 11) is 0. The van der Waals surface area contributed by atoms with Gasteiger partial charge in [-0.15, -0.1) is 0 Å². The van der Waals surface area contributed by atoms with Crippen LogP contribution >= 0.6 is 0 Å². The second-order valence-corrected chi connectivity index (χ2v) is 6.10. The van der Waals surface area contributed by atoms with E-state index in [1.165, 1.54) is 0 Å². The molecule has 0 bridgehead atoms. The molecule has 0 fully saturated rings. The van der Waals surface area contributed by atoms with E-state index in [-0.39, 0.29) is 5.56 Å². The van der Waals surface area contributed by atoms with Crippen LogP contribution < -0.4 is 0 Å². The van der Waals surface area contributed by atoms with E-state index < -0.39 is 29.9 Å². The number of hydrogen-bond donors (Lipinski definition) is 0. The summed E-state index contributed by atoms with van der Waals surface area (Å²) in [5, 5.41) is 3.88. The molecule has 0 saturated carbocycles. The zero-order valence-corrected chi connectivity index (χ0v) is 15.0. The predicted molar refractivity (Wildman–Crippen MR) is 100 cm³/mol. The van der Waals surface area contributed by atoms with Gasteiger partial charge >= 0.3 is 12.1 Å². The van der Waals surface area contributed by atoms with Crippen molar-refractivity contribution >= 4 is 11.7 Å². The molecule has 3 rings (SSSR count). The van der Waals surface area contributed by atoms with Gasteiger partial charge in [0.2, 0.25) is 0 Å². The number of oxime groups is 1. The predicted octanol–water partition coefficient (Wildman–Crippen LogP) is 5.78. The average molecular weight is 401 g/mol. The minimum Gasteiger partial charge on any atom is -0.312 e. The third kappa shape index (κ3) is 5.07. The number of hydrogen-bond acceptors (Lipinski definition) is 3. The van der Waals surface area contributed by atoms with E-state index in [2.05, 4.69) is 5.16 Å². The van der Waals surface area contributed by atoms with Gasteiger partial charge in [-0.05, 0) is 23.8 Å². The van der Waals surface area contributed by atoms with E-state index >= 15 is 0 Å². The first-order valence-corrected chi connectivity index (χ1v) is 8.56. The second kappa shape index (κ2) is 8.68. The van der Waals surface area contributed by atoms with E-state index in [0.717, 1.165) is 6.07 Å². The topological polar surface area (TPSA) is 38.7 Å². The standard InChI is InChI=1S/C22H15F4NO2/c23-14-15-11-18(13-19(12-15)22(24,25)26)21(28)29-27-20(16-7-3-1-4-8-16)17-9-5-2-6-10-17/h1-13H,14H2. The molecule has 0 N–H and O–H groups in total. The Labute approximate surface area is 164 Å². The van der Waals surface area contributed by atoms with Crippen LogP contribution in [-0.2, 0) is 17.7 Å². The quantitative estimate of drug-likeness (QED) is 0.235. The molecule has 0 saturated heterocycles. The molecule has 0 atom stereocenters. The van der Waals surface area contributed by atoms with Crippen molar-refractivity contribution in [1.82, 2.24) is 0 Å². The Balaban J connectivity index is 1.95. The van der Waals surface area contributed by atoms with Crippen LogP contribution in [0.25, 0.3) is 0 Å². The fraction of sp³-hybridized carbons (Fsp3) is 0.0909. The highest BCUT2D eigenvalue weighted by Gasteiger charge is 2.32. The fourth-order valence-corrected chi connectivity index (χ4v) is 2.65. The summed E-state index contributed by atoms with van der Waals surface area (Å²) in [6, 6.07) is 20.0. The molecule has 148 valence electrons. The minimum absolute atomic E-state index is 0.276. The number of halogens is 4.